The van der Waals surface area contributed by atoms with Crippen molar-refractivity contribution in [3.05, 3.63) is 11.1 Å². The summed E-state index contributed by atoms with van der Waals surface area (Å²) in [7, 11) is 2.39. The van der Waals surface area contributed by atoms with Gasteiger partial charge in [-0.2, -0.15) is 0 Å². The van der Waals surface area contributed by atoms with Gasteiger partial charge in [0, 0.05) is 5.38 Å². The van der Waals surface area contributed by atoms with Gasteiger partial charge in [-0.3, -0.25) is 14.4 Å². The first-order valence-corrected chi connectivity index (χ1v) is 8.44. The van der Waals surface area contributed by atoms with Crippen molar-refractivity contribution in [2.45, 2.75) is 12.1 Å². The van der Waals surface area contributed by atoms with E-state index in [2.05, 4.69) is 35.7 Å². The SMILES string of the molecule is CON=C(C(=O)N[C@@H]1C(=O)N[C@H]1C(=O)OC)c1csc(NC(=O)CCl)n1. The van der Waals surface area contributed by atoms with Crippen molar-refractivity contribution in [2.24, 2.45) is 5.16 Å². The number of hydrogen-bond acceptors (Lipinski definition) is 9. The lowest BCUT2D eigenvalue weighted by atomic mass is 9.99. The highest BCUT2D eigenvalue weighted by atomic mass is 35.5. The number of alkyl halides is 1. The van der Waals surface area contributed by atoms with Crippen molar-refractivity contribution in [3.8, 4) is 0 Å². The molecule has 0 aromatic carbocycles. The number of hydrogen-bond donors (Lipinski definition) is 3. The van der Waals surface area contributed by atoms with Gasteiger partial charge >= 0.3 is 5.97 Å². The first-order chi connectivity index (χ1) is 12.4. The van der Waals surface area contributed by atoms with E-state index in [4.69, 9.17) is 11.6 Å². The highest BCUT2D eigenvalue weighted by molar-refractivity contribution is 7.14. The largest absolute Gasteiger partial charge is 0.467 e. The van der Waals surface area contributed by atoms with Crippen molar-refractivity contribution in [2.75, 3.05) is 25.4 Å². The van der Waals surface area contributed by atoms with E-state index in [-0.39, 0.29) is 22.4 Å². The summed E-state index contributed by atoms with van der Waals surface area (Å²) in [5.41, 5.74) is -0.132. The Kier molecular flexibility index (Phi) is 6.46. The molecule has 0 radical (unpaired) electrons. The molecule has 0 spiro atoms. The fraction of sp³-hybridized carbons (Fsp3) is 0.385. The number of nitrogens with one attached hydrogen (secondary N) is 3. The van der Waals surface area contributed by atoms with E-state index in [0.29, 0.717) is 0 Å². The quantitative estimate of drug-likeness (QED) is 0.171. The molecular formula is C13H14ClN5O6S. The number of ether oxygens (including phenoxy) is 1. The van der Waals surface area contributed by atoms with Gasteiger partial charge in [0.15, 0.2) is 16.9 Å². The highest BCUT2D eigenvalue weighted by Crippen LogP contribution is 2.17. The van der Waals surface area contributed by atoms with Crippen LogP contribution in [0.4, 0.5) is 5.13 Å². The number of esters is 1. The molecule has 0 aliphatic carbocycles. The molecule has 1 saturated heterocycles. The topological polar surface area (TPSA) is 148 Å². The first kappa shape index (κ1) is 19.6. The fourth-order valence-corrected chi connectivity index (χ4v) is 2.73. The van der Waals surface area contributed by atoms with E-state index >= 15 is 0 Å². The molecule has 1 aromatic heterocycles. The van der Waals surface area contributed by atoms with E-state index < -0.39 is 35.8 Å². The van der Waals surface area contributed by atoms with Gasteiger partial charge in [-0.05, 0) is 0 Å². The molecule has 1 aliphatic rings. The summed E-state index contributed by atoms with van der Waals surface area (Å²) in [6.45, 7) is 0. The summed E-state index contributed by atoms with van der Waals surface area (Å²) < 4.78 is 4.54. The molecule has 0 saturated carbocycles. The Morgan fingerprint density at radius 1 is 1.42 bits per heavy atom. The van der Waals surface area contributed by atoms with Crippen LogP contribution in [0.25, 0.3) is 0 Å². The van der Waals surface area contributed by atoms with Gasteiger partial charge in [0.05, 0.1) is 7.11 Å². The predicted octanol–water partition coefficient (Wildman–Crippen LogP) is -1.17. The second-order valence-electron chi connectivity index (χ2n) is 4.80. The Labute approximate surface area is 156 Å². The van der Waals surface area contributed by atoms with Crippen LogP contribution in [0.15, 0.2) is 10.5 Å². The molecule has 26 heavy (non-hydrogen) atoms. The zero-order chi connectivity index (χ0) is 19.3. The lowest BCUT2D eigenvalue weighted by molar-refractivity contribution is -0.153. The molecule has 13 heteroatoms. The number of anilines is 1. The van der Waals surface area contributed by atoms with Gasteiger partial charge in [0.1, 0.15) is 24.7 Å². The van der Waals surface area contributed by atoms with Gasteiger partial charge in [0.25, 0.3) is 5.91 Å². The van der Waals surface area contributed by atoms with Gasteiger partial charge in [-0.15, -0.1) is 22.9 Å². The maximum absolute atomic E-state index is 12.4. The molecule has 2 atom stereocenters. The minimum atomic E-state index is -1.11. The number of thiazole rings is 1. The number of amides is 3. The molecule has 0 unspecified atom stereocenters. The van der Waals surface area contributed by atoms with Crippen molar-refractivity contribution in [1.29, 1.82) is 0 Å². The molecule has 2 heterocycles. The summed E-state index contributed by atoms with van der Waals surface area (Å²) in [5.74, 6) is -2.74. The van der Waals surface area contributed by atoms with Crippen LogP contribution in [0.3, 0.4) is 0 Å². The predicted molar refractivity (Wildman–Crippen MR) is 90.9 cm³/mol. The minimum absolute atomic E-state index is 0.105. The van der Waals surface area contributed by atoms with Gasteiger partial charge in [-0.25, -0.2) is 9.78 Å². The number of carbonyl (C=O) groups excluding carboxylic acids is 4. The molecule has 3 amide bonds. The minimum Gasteiger partial charge on any atom is -0.467 e. The summed E-state index contributed by atoms with van der Waals surface area (Å²) in [6, 6.07) is -2.10. The van der Waals surface area contributed by atoms with Crippen LogP contribution in [0.5, 0.6) is 0 Å². The molecule has 140 valence electrons. The molecule has 11 nitrogen and oxygen atoms in total. The number of β-lactam (4-membered cyclic amide) rings is 1. The van der Waals surface area contributed by atoms with Gasteiger partial charge in [-0.1, -0.05) is 5.16 Å². The van der Waals surface area contributed by atoms with Gasteiger partial charge < -0.3 is 25.5 Å². The summed E-state index contributed by atoms with van der Waals surface area (Å²) in [4.78, 5) is 55.5. The summed E-state index contributed by atoms with van der Waals surface area (Å²) >= 11 is 6.44. The normalized spacial score (nSPS) is 19.0. The van der Waals surface area contributed by atoms with Crippen molar-refractivity contribution in [1.82, 2.24) is 15.6 Å². The smallest absolute Gasteiger partial charge is 0.331 e. The second kappa shape index (κ2) is 8.58. The summed E-state index contributed by atoms with van der Waals surface area (Å²) in [6.07, 6.45) is 0. The summed E-state index contributed by atoms with van der Waals surface area (Å²) in [5, 5.41) is 12.4. The van der Waals surface area contributed by atoms with Crippen LogP contribution in [-0.2, 0) is 28.8 Å². The van der Waals surface area contributed by atoms with Crippen LogP contribution < -0.4 is 16.0 Å². The number of nitrogens with zero attached hydrogens (tertiary/aromatic N) is 2. The number of methoxy groups -OCH3 is 1. The highest BCUT2D eigenvalue weighted by Gasteiger charge is 2.46. The van der Waals surface area contributed by atoms with E-state index in [0.717, 1.165) is 18.4 Å². The second-order valence-corrected chi connectivity index (χ2v) is 5.93. The number of carbonyl (C=O) groups is 4. The Morgan fingerprint density at radius 2 is 2.15 bits per heavy atom. The van der Waals surface area contributed by atoms with Gasteiger partial charge in [0.2, 0.25) is 11.8 Å². The Hall–Kier alpha value is -2.73. The average molecular weight is 404 g/mol. The molecule has 1 fully saturated rings. The van der Waals surface area contributed by atoms with Crippen LogP contribution in [0.1, 0.15) is 5.69 Å². The van der Waals surface area contributed by atoms with E-state index in [1.54, 1.807) is 0 Å². The van der Waals surface area contributed by atoms with Crippen molar-refractivity contribution < 1.29 is 28.8 Å². The Morgan fingerprint density at radius 3 is 2.73 bits per heavy atom. The maximum atomic E-state index is 12.4. The third kappa shape index (κ3) is 4.26. The standard InChI is InChI=1S/C13H14ClN5O6S/c1-24-12(23)9-8(11(22)18-9)17-10(21)7(19-25-2)5-4-26-13(15-5)16-6(20)3-14/h4,8-9H,3H2,1-2H3,(H,17,21)(H,18,22)(H,15,16,20)/t8-,9+/m0/s1. The monoisotopic (exact) mass is 403 g/mol. The number of rotatable bonds is 7. The Balaban J connectivity index is 2.13. The molecule has 0 bridgehead atoms. The van der Waals surface area contributed by atoms with E-state index in [9.17, 15) is 19.2 Å². The van der Waals surface area contributed by atoms with Crippen LogP contribution >= 0.6 is 22.9 Å². The molecule has 2 rings (SSSR count). The van der Waals surface area contributed by atoms with E-state index in [1.807, 2.05) is 0 Å². The van der Waals surface area contributed by atoms with Crippen LogP contribution in [0.2, 0.25) is 0 Å². The van der Waals surface area contributed by atoms with Crippen molar-refractivity contribution in [3.63, 3.8) is 0 Å². The zero-order valence-electron chi connectivity index (χ0n) is 13.6. The number of oxime groups is 1. The maximum Gasteiger partial charge on any atom is 0.331 e. The molecular weight excluding hydrogens is 390 g/mol. The number of aromatic nitrogens is 1. The molecule has 1 aromatic rings. The number of halogens is 1. The third-order valence-corrected chi connectivity index (χ3v) is 4.17. The average Bonchev–Trinajstić information content (AvgIpc) is 3.08. The first-order valence-electron chi connectivity index (χ1n) is 7.03. The van der Waals surface area contributed by atoms with Crippen molar-refractivity contribution >= 4 is 57.5 Å². The Bertz CT molecular complexity index is 766. The van der Waals surface area contributed by atoms with Crippen LogP contribution in [0, 0.1) is 0 Å². The molecule has 3 N–H and O–H groups in total. The van der Waals surface area contributed by atoms with E-state index in [1.165, 1.54) is 12.5 Å². The molecule has 1 aliphatic heterocycles. The lowest BCUT2D eigenvalue weighted by Gasteiger charge is -2.34. The zero-order valence-corrected chi connectivity index (χ0v) is 15.1. The fourth-order valence-electron chi connectivity index (χ4n) is 1.95. The van der Waals surface area contributed by atoms with Crippen LogP contribution in [-0.4, -0.2) is 66.6 Å². The third-order valence-electron chi connectivity index (χ3n) is 3.17. The lowest BCUT2D eigenvalue weighted by Crippen LogP contribution is -2.72.